The molecule has 0 saturated heterocycles. The molecule has 0 bridgehead atoms. The van der Waals surface area contributed by atoms with Crippen LogP contribution in [-0.4, -0.2) is 5.91 Å². The Hall–Kier alpha value is -0.880. The average molecular weight is 416 g/mol. The van der Waals surface area contributed by atoms with E-state index < -0.39 is 0 Å². The first kappa shape index (κ1) is 13.5. The molecule has 92 valence electrons. The molecule has 0 unspecified atom stereocenters. The molecule has 4 heteroatoms. The molecule has 1 amide bonds. The number of nitrogens with one attached hydrogen (secondary N) is 1. The number of hydrogen-bond acceptors (Lipinski definition) is 1. The maximum Gasteiger partial charge on any atom is 0.256 e. The van der Waals surface area contributed by atoms with Crippen molar-refractivity contribution in [3.63, 3.8) is 0 Å². The topological polar surface area (TPSA) is 29.1 Å². The second kappa shape index (κ2) is 6.33. The Bertz CT molecular complexity index is 571. The lowest BCUT2D eigenvalue weighted by Gasteiger charge is -2.07. The van der Waals surface area contributed by atoms with Crippen LogP contribution in [0.25, 0.3) is 0 Å². The molecule has 18 heavy (non-hydrogen) atoms. The number of anilines is 1. The Morgan fingerprint density at radius 3 is 2.67 bits per heavy atom. The van der Waals surface area contributed by atoms with Gasteiger partial charge in [-0.25, -0.2) is 0 Å². The summed E-state index contributed by atoms with van der Waals surface area (Å²) in [6.07, 6.45) is 0. The van der Waals surface area contributed by atoms with Crippen LogP contribution in [-0.2, 0) is 5.33 Å². The summed E-state index contributed by atoms with van der Waals surface area (Å²) in [7, 11) is 0. The maximum absolute atomic E-state index is 12.1. The third-order valence-electron chi connectivity index (χ3n) is 2.46. The van der Waals surface area contributed by atoms with Gasteiger partial charge in [0.15, 0.2) is 0 Å². The van der Waals surface area contributed by atoms with Crippen LogP contribution in [0.3, 0.4) is 0 Å². The predicted molar refractivity (Wildman–Crippen MR) is 86.2 cm³/mol. The monoisotopic (exact) mass is 415 g/mol. The van der Waals surface area contributed by atoms with Gasteiger partial charge in [-0.05, 0) is 52.4 Å². The lowest BCUT2D eigenvalue weighted by Crippen LogP contribution is -2.13. The first-order chi connectivity index (χ1) is 8.70. The SMILES string of the molecule is O=C(Nc1cccc(CBr)c1)c1ccccc1I. The molecular weight excluding hydrogens is 405 g/mol. The van der Waals surface area contributed by atoms with Crippen molar-refractivity contribution in [1.82, 2.24) is 0 Å². The summed E-state index contributed by atoms with van der Waals surface area (Å²) in [6, 6.07) is 15.3. The molecule has 0 saturated carbocycles. The van der Waals surface area contributed by atoms with Crippen molar-refractivity contribution < 1.29 is 4.79 Å². The van der Waals surface area contributed by atoms with Crippen LogP contribution in [0.5, 0.6) is 0 Å². The van der Waals surface area contributed by atoms with Crippen molar-refractivity contribution in [1.29, 1.82) is 0 Å². The second-order valence-corrected chi connectivity index (χ2v) is 5.49. The quantitative estimate of drug-likeness (QED) is 0.582. The summed E-state index contributed by atoms with van der Waals surface area (Å²) in [5, 5.41) is 3.69. The van der Waals surface area contributed by atoms with E-state index in [1.807, 2.05) is 48.5 Å². The summed E-state index contributed by atoms with van der Waals surface area (Å²) < 4.78 is 0.948. The van der Waals surface area contributed by atoms with E-state index in [1.54, 1.807) is 0 Å². The molecular formula is C14H11BrINO. The zero-order chi connectivity index (χ0) is 13.0. The normalized spacial score (nSPS) is 10.1. The molecule has 0 heterocycles. The fraction of sp³-hybridized carbons (Fsp3) is 0.0714. The van der Waals surface area contributed by atoms with Gasteiger partial charge in [0.05, 0.1) is 5.56 Å². The highest BCUT2D eigenvalue weighted by Crippen LogP contribution is 2.16. The average Bonchev–Trinajstić information content (AvgIpc) is 2.39. The maximum atomic E-state index is 12.1. The van der Waals surface area contributed by atoms with Gasteiger partial charge < -0.3 is 5.32 Å². The first-order valence-corrected chi connectivity index (χ1v) is 7.61. The molecule has 0 fully saturated rings. The highest BCUT2D eigenvalue weighted by atomic mass is 127. The van der Waals surface area contributed by atoms with Crippen LogP contribution in [0.1, 0.15) is 15.9 Å². The minimum absolute atomic E-state index is 0.0771. The van der Waals surface area contributed by atoms with Gasteiger partial charge in [-0.2, -0.15) is 0 Å². The van der Waals surface area contributed by atoms with Gasteiger partial charge in [0.25, 0.3) is 5.91 Å². The van der Waals surface area contributed by atoms with E-state index in [0.717, 1.165) is 20.2 Å². The Balaban J connectivity index is 2.19. The number of alkyl halides is 1. The van der Waals surface area contributed by atoms with Crippen molar-refractivity contribution in [2.45, 2.75) is 5.33 Å². The first-order valence-electron chi connectivity index (χ1n) is 5.41. The highest BCUT2D eigenvalue weighted by Gasteiger charge is 2.09. The minimum Gasteiger partial charge on any atom is -0.322 e. The fourth-order valence-corrected chi connectivity index (χ4v) is 2.56. The molecule has 0 aliphatic heterocycles. The van der Waals surface area contributed by atoms with Gasteiger partial charge in [0, 0.05) is 14.6 Å². The fourth-order valence-electron chi connectivity index (χ4n) is 1.58. The van der Waals surface area contributed by atoms with E-state index in [4.69, 9.17) is 0 Å². The largest absolute Gasteiger partial charge is 0.322 e. The van der Waals surface area contributed by atoms with E-state index in [-0.39, 0.29) is 5.91 Å². The molecule has 0 aliphatic rings. The van der Waals surface area contributed by atoms with E-state index in [9.17, 15) is 4.79 Å². The van der Waals surface area contributed by atoms with Gasteiger partial charge in [-0.3, -0.25) is 4.79 Å². The third kappa shape index (κ3) is 3.32. The van der Waals surface area contributed by atoms with Crippen LogP contribution < -0.4 is 5.32 Å². The molecule has 0 spiro atoms. The summed E-state index contributed by atoms with van der Waals surface area (Å²) in [6.45, 7) is 0. The minimum atomic E-state index is -0.0771. The van der Waals surface area contributed by atoms with Crippen LogP contribution in [0.15, 0.2) is 48.5 Å². The summed E-state index contributed by atoms with van der Waals surface area (Å²) >= 11 is 5.56. The Morgan fingerprint density at radius 2 is 1.94 bits per heavy atom. The van der Waals surface area contributed by atoms with Crippen LogP contribution in [0, 0.1) is 3.57 Å². The van der Waals surface area contributed by atoms with E-state index in [2.05, 4.69) is 43.8 Å². The van der Waals surface area contributed by atoms with Crippen LogP contribution >= 0.6 is 38.5 Å². The zero-order valence-electron chi connectivity index (χ0n) is 9.49. The Kier molecular flexibility index (Phi) is 4.77. The van der Waals surface area contributed by atoms with Crippen molar-refractivity contribution in [3.8, 4) is 0 Å². The molecule has 2 rings (SSSR count). The molecule has 0 aliphatic carbocycles. The molecule has 1 N–H and O–H groups in total. The smallest absolute Gasteiger partial charge is 0.256 e. The van der Waals surface area contributed by atoms with E-state index in [0.29, 0.717) is 5.56 Å². The predicted octanol–water partition coefficient (Wildman–Crippen LogP) is 4.44. The van der Waals surface area contributed by atoms with E-state index >= 15 is 0 Å². The number of amides is 1. The standard InChI is InChI=1S/C14H11BrINO/c15-9-10-4-3-5-11(8-10)17-14(18)12-6-1-2-7-13(12)16/h1-8H,9H2,(H,17,18). The Morgan fingerprint density at radius 1 is 1.17 bits per heavy atom. The number of hydrogen-bond donors (Lipinski definition) is 1. The number of carbonyl (C=O) groups excluding carboxylic acids is 1. The van der Waals surface area contributed by atoms with Crippen LogP contribution in [0.2, 0.25) is 0 Å². The van der Waals surface area contributed by atoms with E-state index in [1.165, 1.54) is 0 Å². The van der Waals surface area contributed by atoms with Crippen molar-refractivity contribution >= 4 is 50.1 Å². The third-order valence-corrected chi connectivity index (χ3v) is 4.05. The zero-order valence-corrected chi connectivity index (χ0v) is 13.2. The Labute approximate surface area is 128 Å². The molecule has 0 atom stereocenters. The van der Waals surface area contributed by atoms with Crippen molar-refractivity contribution in [3.05, 3.63) is 63.2 Å². The van der Waals surface area contributed by atoms with Crippen LogP contribution in [0.4, 0.5) is 5.69 Å². The lowest BCUT2D eigenvalue weighted by atomic mass is 10.2. The molecule has 2 nitrogen and oxygen atoms in total. The lowest BCUT2D eigenvalue weighted by molar-refractivity contribution is 0.102. The molecule has 2 aromatic carbocycles. The van der Waals surface area contributed by atoms with Gasteiger partial charge in [-0.1, -0.05) is 40.2 Å². The van der Waals surface area contributed by atoms with Gasteiger partial charge in [0.2, 0.25) is 0 Å². The summed E-state index contributed by atoms with van der Waals surface area (Å²) in [5.74, 6) is -0.0771. The van der Waals surface area contributed by atoms with Crippen molar-refractivity contribution in [2.75, 3.05) is 5.32 Å². The molecule has 2 aromatic rings. The summed E-state index contributed by atoms with van der Waals surface area (Å²) in [4.78, 5) is 12.1. The number of rotatable bonds is 3. The van der Waals surface area contributed by atoms with Gasteiger partial charge in [-0.15, -0.1) is 0 Å². The number of halogens is 2. The van der Waals surface area contributed by atoms with Gasteiger partial charge in [0.1, 0.15) is 0 Å². The second-order valence-electron chi connectivity index (χ2n) is 3.77. The molecule has 0 aromatic heterocycles. The summed E-state index contributed by atoms with van der Waals surface area (Å²) in [5.41, 5.74) is 2.65. The molecule has 0 radical (unpaired) electrons. The highest BCUT2D eigenvalue weighted by molar-refractivity contribution is 14.1. The van der Waals surface area contributed by atoms with Gasteiger partial charge >= 0.3 is 0 Å². The number of carbonyl (C=O) groups is 1. The number of benzene rings is 2. The van der Waals surface area contributed by atoms with Crippen molar-refractivity contribution in [2.24, 2.45) is 0 Å².